The molecule has 0 saturated carbocycles. The Hall–Kier alpha value is -3.88. The first-order chi connectivity index (χ1) is 15.5. The van der Waals surface area contributed by atoms with Crippen LogP contribution in [-0.2, 0) is 21.5 Å². The summed E-state index contributed by atoms with van der Waals surface area (Å²) in [5.41, 5.74) is -0.193. The van der Waals surface area contributed by atoms with Gasteiger partial charge in [0, 0.05) is 35.8 Å². The van der Waals surface area contributed by atoms with Crippen LogP contribution in [0, 0.1) is 13.8 Å². The van der Waals surface area contributed by atoms with Crippen LogP contribution in [-0.4, -0.2) is 43.9 Å². The number of fused-ring (bicyclic) bond motifs is 3. The van der Waals surface area contributed by atoms with Crippen LogP contribution in [0.5, 0.6) is 17.2 Å². The van der Waals surface area contributed by atoms with E-state index >= 15 is 0 Å². The second-order valence-electron chi connectivity index (χ2n) is 8.51. The number of rotatable bonds is 5. The van der Waals surface area contributed by atoms with Crippen LogP contribution in [0.3, 0.4) is 0 Å². The fraction of sp³-hybridized carbons (Fsp3) is 0.333. The summed E-state index contributed by atoms with van der Waals surface area (Å²) in [4.78, 5) is 38.8. The second kappa shape index (κ2) is 7.61. The van der Waals surface area contributed by atoms with Crippen molar-refractivity contribution in [3.8, 4) is 17.2 Å². The number of ketones is 3. The minimum absolute atomic E-state index is 0.0130. The topological polar surface area (TPSA) is 131 Å². The molecule has 1 aliphatic heterocycles. The van der Waals surface area contributed by atoms with Crippen LogP contribution < -0.4 is 10.1 Å². The molecular formula is C24H25N3O6. The summed E-state index contributed by atoms with van der Waals surface area (Å²) in [6.45, 7) is 8.79. The molecule has 0 bridgehead atoms. The van der Waals surface area contributed by atoms with Crippen molar-refractivity contribution in [2.24, 2.45) is 0 Å². The quantitative estimate of drug-likeness (QED) is 0.359. The molecule has 0 amide bonds. The summed E-state index contributed by atoms with van der Waals surface area (Å²) in [7, 11) is 0. The highest BCUT2D eigenvalue weighted by Crippen LogP contribution is 2.57. The number of allylic oxidation sites excluding steroid dienone is 4. The molecule has 33 heavy (non-hydrogen) atoms. The minimum atomic E-state index is -1.52. The Bertz CT molecular complexity index is 1300. The third kappa shape index (κ3) is 3.14. The van der Waals surface area contributed by atoms with Crippen molar-refractivity contribution in [1.82, 2.24) is 15.1 Å². The molecule has 2 heterocycles. The van der Waals surface area contributed by atoms with E-state index in [0.29, 0.717) is 18.8 Å². The van der Waals surface area contributed by atoms with Gasteiger partial charge in [-0.1, -0.05) is 0 Å². The molecule has 4 rings (SSSR count). The van der Waals surface area contributed by atoms with Crippen molar-refractivity contribution in [1.29, 1.82) is 0 Å². The molecule has 9 heteroatoms. The Morgan fingerprint density at radius 1 is 1.21 bits per heavy atom. The van der Waals surface area contributed by atoms with Gasteiger partial charge in [0.15, 0.2) is 17.3 Å². The average molecular weight is 451 g/mol. The van der Waals surface area contributed by atoms with Gasteiger partial charge in [0.25, 0.3) is 0 Å². The number of phenols is 2. The zero-order valence-electron chi connectivity index (χ0n) is 19.1. The van der Waals surface area contributed by atoms with Crippen LogP contribution in [0.25, 0.3) is 0 Å². The van der Waals surface area contributed by atoms with Crippen LogP contribution in [0.1, 0.15) is 48.0 Å². The molecule has 0 radical (unpaired) electrons. The van der Waals surface area contributed by atoms with Crippen molar-refractivity contribution in [2.45, 2.75) is 46.6 Å². The Balaban J connectivity index is 1.77. The van der Waals surface area contributed by atoms with E-state index in [1.54, 1.807) is 24.7 Å². The first-order valence-electron chi connectivity index (χ1n) is 10.5. The van der Waals surface area contributed by atoms with Gasteiger partial charge in [0.2, 0.25) is 0 Å². The number of phenolic OH excluding ortho intramolecular Hbond substituents is 2. The highest BCUT2D eigenvalue weighted by molar-refractivity contribution is 6.31. The number of hydrogen-bond donors (Lipinski definition) is 3. The molecule has 0 saturated heterocycles. The van der Waals surface area contributed by atoms with E-state index < -0.39 is 28.5 Å². The van der Waals surface area contributed by atoms with Crippen molar-refractivity contribution in [3.63, 3.8) is 0 Å². The lowest BCUT2D eigenvalue weighted by Crippen LogP contribution is -2.41. The summed E-state index contributed by atoms with van der Waals surface area (Å²) in [5, 5.41) is 28.6. The zero-order chi connectivity index (χ0) is 24.2. The summed E-state index contributed by atoms with van der Waals surface area (Å²) < 4.78 is 7.56. The van der Waals surface area contributed by atoms with Crippen molar-refractivity contribution < 1.29 is 29.3 Å². The van der Waals surface area contributed by atoms with Gasteiger partial charge in [0.1, 0.15) is 34.0 Å². The van der Waals surface area contributed by atoms with Gasteiger partial charge in [-0.05, 0) is 40.7 Å². The Morgan fingerprint density at radius 2 is 1.91 bits per heavy atom. The summed E-state index contributed by atoms with van der Waals surface area (Å²) in [5.74, 6) is -2.43. The van der Waals surface area contributed by atoms with Gasteiger partial charge in [-0.3, -0.25) is 19.1 Å². The number of carbonyl (C=O) groups is 3. The maximum absolute atomic E-state index is 13.7. The molecule has 0 spiro atoms. The maximum Gasteiger partial charge on any atom is 0.194 e. The molecular weight excluding hydrogens is 426 g/mol. The fourth-order valence-electron chi connectivity index (χ4n) is 4.43. The molecule has 1 unspecified atom stereocenters. The number of Topliss-reactive ketones (excluding diaryl/α,β-unsaturated/α-hetero) is 2. The number of aromatic hydroxyl groups is 2. The molecule has 1 atom stereocenters. The predicted octanol–water partition coefficient (Wildman–Crippen LogP) is 2.36. The first kappa shape index (κ1) is 22.3. The average Bonchev–Trinajstić information content (AvgIpc) is 3.27. The summed E-state index contributed by atoms with van der Waals surface area (Å²) in [6, 6.07) is 1.88. The maximum atomic E-state index is 13.7. The molecule has 9 nitrogen and oxygen atoms in total. The third-order valence-corrected chi connectivity index (χ3v) is 6.40. The number of benzene rings is 1. The number of ether oxygens (including phenoxy) is 1. The van der Waals surface area contributed by atoms with Gasteiger partial charge in [-0.25, -0.2) is 0 Å². The van der Waals surface area contributed by atoms with E-state index in [0.717, 1.165) is 5.69 Å². The number of nitrogens with one attached hydrogen (secondary N) is 1. The van der Waals surface area contributed by atoms with E-state index in [9.17, 15) is 24.6 Å². The molecule has 172 valence electrons. The number of carbonyl (C=O) groups excluding carboxylic acids is 3. The van der Waals surface area contributed by atoms with Crippen LogP contribution in [0.15, 0.2) is 35.4 Å². The molecule has 2 aromatic rings. The number of aryl methyl sites for hydroxylation is 1. The molecule has 3 N–H and O–H groups in total. The Labute approximate surface area is 190 Å². The molecule has 0 fully saturated rings. The van der Waals surface area contributed by atoms with E-state index in [1.165, 1.54) is 19.9 Å². The fourth-order valence-corrected chi connectivity index (χ4v) is 4.43. The number of hydrogen-bond acceptors (Lipinski definition) is 8. The smallest absolute Gasteiger partial charge is 0.194 e. The molecule has 2 aliphatic rings. The normalized spacial score (nSPS) is 20.7. The summed E-state index contributed by atoms with van der Waals surface area (Å²) in [6.07, 6.45) is 2.90. The van der Waals surface area contributed by atoms with Crippen molar-refractivity contribution >= 4 is 17.3 Å². The largest absolute Gasteiger partial charge is 0.507 e. The molecule has 1 aliphatic carbocycles. The van der Waals surface area contributed by atoms with Gasteiger partial charge in [-0.15, -0.1) is 0 Å². The lowest BCUT2D eigenvalue weighted by Gasteiger charge is -2.29. The lowest BCUT2D eigenvalue weighted by atomic mass is 9.70. The van der Waals surface area contributed by atoms with Crippen molar-refractivity contribution in [2.75, 3.05) is 6.54 Å². The van der Waals surface area contributed by atoms with E-state index in [4.69, 9.17) is 4.74 Å². The Kier molecular flexibility index (Phi) is 5.15. The first-order valence-corrected chi connectivity index (χ1v) is 10.5. The standard InChI is InChI=1S/C24H25N3O6/c1-11-6-7-26-27(11)9-8-25-13(3)17-15(29)10-16-24(5,23(17)32)19-21(31)12(2)20(30)18(14(4)28)22(19)33-16/h6-7,10,25,30-31H,8-9H2,1-5H3. The van der Waals surface area contributed by atoms with Gasteiger partial charge in [-0.2, -0.15) is 5.10 Å². The number of aromatic nitrogens is 2. The highest BCUT2D eigenvalue weighted by Gasteiger charge is 2.56. The van der Waals surface area contributed by atoms with Crippen molar-refractivity contribution in [3.05, 3.63) is 57.8 Å². The monoisotopic (exact) mass is 451 g/mol. The van der Waals surface area contributed by atoms with E-state index in [1.807, 2.05) is 13.0 Å². The van der Waals surface area contributed by atoms with Crippen LogP contribution in [0.2, 0.25) is 0 Å². The predicted molar refractivity (Wildman–Crippen MR) is 118 cm³/mol. The van der Waals surface area contributed by atoms with Gasteiger partial charge < -0.3 is 20.3 Å². The van der Waals surface area contributed by atoms with E-state index in [2.05, 4.69) is 10.4 Å². The summed E-state index contributed by atoms with van der Waals surface area (Å²) >= 11 is 0. The minimum Gasteiger partial charge on any atom is -0.507 e. The Morgan fingerprint density at radius 3 is 2.52 bits per heavy atom. The number of nitrogens with zero attached hydrogens (tertiary/aromatic N) is 2. The molecule has 1 aromatic carbocycles. The lowest BCUT2D eigenvalue weighted by molar-refractivity contribution is -0.123. The zero-order valence-corrected chi connectivity index (χ0v) is 19.1. The van der Waals surface area contributed by atoms with Crippen LogP contribution in [0.4, 0.5) is 0 Å². The highest BCUT2D eigenvalue weighted by atomic mass is 16.5. The molecule has 1 aromatic heterocycles. The van der Waals surface area contributed by atoms with Gasteiger partial charge in [0.05, 0.1) is 17.7 Å². The van der Waals surface area contributed by atoms with E-state index in [-0.39, 0.29) is 39.5 Å². The van der Waals surface area contributed by atoms with Crippen LogP contribution >= 0.6 is 0 Å². The third-order valence-electron chi connectivity index (χ3n) is 6.40. The van der Waals surface area contributed by atoms with Gasteiger partial charge >= 0.3 is 0 Å². The SMILES string of the molecule is CC(=O)c1c(O)c(C)c(O)c2c1OC1=CC(=O)C(=C(C)NCCn3nccc3C)C(=O)C12C. The second-order valence-corrected chi connectivity index (χ2v) is 8.51.